The van der Waals surface area contributed by atoms with Crippen LogP contribution in [0.5, 0.6) is 17.4 Å². The second-order valence-electron chi connectivity index (χ2n) is 7.62. The number of phenolic OH excluding ortho intramolecular Hbond substituents is 1. The molecule has 0 bridgehead atoms. The highest BCUT2D eigenvalue weighted by Crippen LogP contribution is 2.35. The van der Waals surface area contributed by atoms with Crippen LogP contribution in [-0.4, -0.2) is 19.6 Å². The van der Waals surface area contributed by atoms with Crippen molar-refractivity contribution >= 4 is 32.7 Å². The summed E-state index contributed by atoms with van der Waals surface area (Å²) in [6.07, 6.45) is 0. The average molecular weight is 418 g/mol. The molecule has 5 heteroatoms. The zero-order valence-corrected chi connectivity index (χ0v) is 17.1. The Labute approximate surface area is 185 Å². The molecule has 154 valence electrons. The molecule has 5 nitrogen and oxygen atoms in total. The molecule has 0 fully saturated rings. The van der Waals surface area contributed by atoms with Crippen molar-refractivity contribution in [2.45, 2.75) is 6.90 Å². The number of phenols is 1. The lowest BCUT2D eigenvalue weighted by Crippen LogP contribution is -1.98. The maximum atomic E-state index is 10.1. The van der Waals surface area contributed by atoms with E-state index in [0.717, 1.165) is 33.0 Å². The number of aromatic nitrogens is 3. The molecule has 3 aromatic carbocycles. The van der Waals surface area contributed by atoms with Gasteiger partial charge in [-0.05, 0) is 49.4 Å². The summed E-state index contributed by atoms with van der Waals surface area (Å²) in [5, 5.41) is 13.2. The molecule has 0 saturated carbocycles. The van der Waals surface area contributed by atoms with Gasteiger partial charge in [0.15, 0.2) is 0 Å². The number of hydrogen-bond donors (Lipinski definition) is 1. The summed E-state index contributed by atoms with van der Waals surface area (Å²) in [5.41, 5.74) is 3.20. The third-order valence-electron chi connectivity index (χ3n) is 5.56. The minimum Gasteiger partial charge on any atom is -0.506 e. The van der Waals surface area contributed by atoms with E-state index in [4.69, 9.17) is 6.11 Å². The van der Waals surface area contributed by atoms with E-state index in [1.807, 2.05) is 60.7 Å². The molecule has 0 radical (unpaired) electrons. The van der Waals surface area contributed by atoms with Crippen LogP contribution in [0.15, 0.2) is 91.0 Å². The van der Waals surface area contributed by atoms with Gasteiger partial charge in [0.1, 0.15) is 22.8 Å². The van der Waals surface area contributed by atoms with Gasteiger partial charge in [-0.15, -0.1) is 0 Å². The van der Waals surface area contributed by atoms with E-state index in [2.05, 4.69) is 26.7 Å². The second-order valence-corrected chi connectivity index (χ2v) is 7.62. The predicted molar refractivity (Wildman–Crippen MR) is 127 cm³/mol. The van der Waals surface area contributed by atoms with Gasteiger partial charge in [-0.2, -0.15) is 0 Å². The van der Waals surface area contributed by atoms with Crippen LogP contribution in [0.4, 0.5) is 0 Å². The number of aromatic hydroxyl groups is 1. The van der Waals surface area contributed by atoms with Gasteiger partial charge in [0, 0.05) is 35.4 Å². The number of ether oxygens (including phenoxy) is 1. The van der Waals surface area contributed by atoms with Gasteiger partial charge in [0.25, 0.3) is 0 Å². The molecule has 32 heavy (non-hydrogen) atoms. The molecule has 0 saturated heterocycles. The van der Waals surface area contributed by atoms with E-state index in [1.165, 1.54) is 0 Å². The minimum absolute atomic E-state index is 0.119. The van der Waals surface area contributed by atoms with Gasteiger partial charge in [-0.25, -0.2) is 9.97 Å². The number of benzene rings is 3. The summed E-state index contributed by atoms with van der Waals surface area (Å²) < 4.78 is 15.9. The second kappa shape index (κ2) is 7.10. The lowest BCUT2D eigenvalue weighted by molar-refractivity contribution is 0.460. The highest BCUT2D eigenvalue weighted by Gasteiger charge is 2.14. The summed E-state index contributed by atoms with van der Waals surface area (Å²) >= 11 is 0. The van der Waals surface area contributed by atoms with Crippen molar-refractivity contribution in [2.24, 2.45) is 0 Å². The Morgan fingerprint density at radius 2 is 1.69 bits per heavy atom. The Kier molecular flexibility index (Phi) is 3.84. The molecule has 6 aromatic rings. The molecular weight excluding hydrogens is 398 g/mol. The molecule has 0 unspecified atom stereocenters. The van der Waals surface area contributed by atoms with E-state index in [9.17, 15) is 5.11 Å². The number of para-hydroxylation sites is 2. The first-order valence-corrected chi connectivity index (χ1v) is 10.3. The maximum absolute atomic E-state index is 10.1. The zero-order valence-electron chi connectivity index (χ0n) is 18.1. The maximum Gasteiger partial charge on any atom is 0.219 e. The largest absolute Gasteiger partial charge is 0.506 e. The van der Waals surface area contributed by atoms with Crippen molar-refractivity contribution in [3.63, 3.8) is 0 Å². The summed E-state index contributed by atoms with van der Waals surface area (Å²) in [6, 6.07) is 28.8. The van der Waals surface area contributed by atoms with Crippen molar-refractivity contribution < 1.29 is 11.2 Å². The average Bonchev–Trinajstić information content (AvgIpc) is 3.18. The van der Waals surface area contributed by atoms with Gasteiger partial charge >= 0.3 is 0 Å². The normalized spacial score (nSPS) is 11.8. The van der Waals surface area contributed by atoms with E-state index < -0.39 is 0 Å². The van der Waals surface area contributed by atoms with E-state index in [0.29, 0.717) is 22.8 Å². The van der Waals surface area contributed by atoms with Crippen molar-refractivity contribution in [1.82, 2.24) is 14.5 Å². The minimum atomic E-state index is 0.119. The van der Waals surface area contributed by atoms with Crippen LogP contribution < -0.4 is 4.74 Å². The van der Waals surface area contributed by atoms with Crippen molar-refractivity contribution in [1.29, 1.82) is 0 Å². The fourth-order valence-corrected chi connectivity index (χ4v) is 4.14. The number of hydrogen-bond acceptors (Lipinski definition) is 4. The molecule has 3 heterocycles. The predicted octanol–water partition coefficient (Wildman–Crippen LogP) is 6.53. The number of nitrogens with zero attached hydrogens (tertiary/aromatic N) is 3. The van der Waals surface area contributed by atoms with E-state index in [1.54, 1.807) is 18.2 Å². The van der Waals surface area contributed by atoms with Crippen LogP contribution in [0.2, 0.25) is 0 Å². The van der Waals surface area contributed by atoms with Gasteiger partial charge < -0.3 is 9.84 Å². The number of pyridine rings is 2. The van der Waals surface area contributed by atoms with E-state index in [-0.39, 0.29) is 12.6 Å². The molecule has 6 rings (SSSR count). The van der Waals surface area contributed by atoms with Crippen molar-refractivity contribution in [3.05, 3.63) is 96.7 Å². The van der Waals surface area contributed by atoms with Crippen LogP contribution in [0.1, 0.15) is 7.06 Å². The third-order valence-corrected chi connectivity index (χ3v) is 5.56. The molecule has 0 amide bonds. The van der Waals surface area contributed by atoms with Crippen LogP contribution in [0.3, 0.4) is 0 Å². The highest BCUT2D eigenvalue weighted by molar-refractivity contribution is 6.09. The fourth-order valence-electron chi connectivity index (χ4n) is 4.14. The molecule has 0 aliphatic heterocycles. The molecule has 3 aromatic heterocycles. The van der Waals surface area contributed by atoms with Gasteiger partial charge in [-0.1, -0.05) is 36.4 Å². The van der Waals surface area contributed by atoms with Gasteiger partial charge in [0.05, 0.1) is 11.0 Å². The van der Waals surface area contributed by atoms with E-state index >= 15 is 0 Å². The molecule has 0 aliphatic carbocycles. The first-order valence-electron chi connectivity index (χ1n) is 11.0. The lowest BCUT2D eigenvalue weighted by Gasteiger charge is -2.09. The lowest BCUT2D eigenvalue weighted by atomic mass is 10.1. The molecule has 0 spiro atoms. The Hall–Kier alpha value is -4.38. The first-order chi connectivity index (χ1) is 16.2. The number of fused-ring (bicyclic) bond motifs is 4. The standard InChI is InChI=1S/C27H19N3O2/c1-17-6-4-11-25(28-17)30-22-9-3-2-8-20(22)21-14-13-19(16-23(21)30)32-26-15-12-18-7-5-10-24(31)27(18)29-26/h2-16,31H,1H3/i1D. The molecular formula is C27H19N3O2. The monoisotopic (exact) mass is 418 g/mol. The van der Waals surface area contributed by atoms with Gasteiger partial charge in [-0.3, -0.25) is 4.57 Å². The first kappa shape index (κ1) is 17.3. The topological polar surface area (TPSA) is 60.2 Å². The van der Waals surface area contributed by atoms with Crippen molar-refractivity contribution in [2.75, 3.05) is 0 Å². The highest BCUT2D eigenvalue weighted by atomic mass is 16.5. The van der Waals surface area contributed by atoms with Gasteiger partial charge in [0.2, 0.25) is 5.88 Å². The van der Waals surface area contributed by atoms with Crippen LogP contribution in [-0.2, 0) is 0 Å². The Balaban J connectivity index is 1.51. The summed E-state index contributed by atoms with van der Waals surface area (Å²) in [7, 11) is 0. The molecule has 0 aliphatic rings. The Morgan fingerprint density at radius 3 is 2.62 bits per heavy atom. The number of rotatable bonds is 3. The van der Waals surface area contributed by atoms with Crippen molar-refractivity contribution in [3.8, 4) is 23.2 Å². The summed E-state index contributed by atoms with van der Waals surface area (Å²) in [5.74, 6) is 1.91. The Bertz CT molecular complexity index is 1660. The van der Waals surface area contributed by atoms with Crippen LogP contribution in [0, 0.1) is 6.90 Å². The quantitative estimate of drug-likeness (QED) is 0.355. The summed E-state index contributed by atoms with van der Waals surface area (Å²) in [4.78, 5) is 9.17. The third kappa shape index (κ3) is 2.94. The van der Waals surface area contributed by atoms with Crippen LogP contribution >= 0.6 is 0 Å². The molecule has 1 N–H and O–H groups in total. The fraction of sp³-hybridized carbons (Fsp3) is 0.0370. The SMILES string of the molecule is [2H]Cc1cccc(-n2c3ccccc3c3ccc(Oc4ccc5cccc(O)c5n4)cc32)n1. The van der Waals surface area contributed by atoms with Crippen LogP contribution in [0.25, 0.3) is 38.5 Å². The zero-order chi connectivity index (χ0) is 22.4. The number of aryl methyl sites for hydroxylation is 1. The molecule has 0 atom stereocenters. The Morgan fingerprint density at radius 1 is 0.812 bits per heavy atom. The summed E-state index contributed by atoms with van der Waals surface area (Å²) in [6.45, 7) is 0.125. The smallest absolute Gasteiger partial charge is 0.219 e.